The molecule has 1 heterocycles. The lowest BCUT2D eigenvalue weighted by Gasteiger charge is -2.01. The molecule has 60 valence electrons. The van der Waals surface area contributed by atoms with Gasteiger partial charge in [-0.15, -0.1) is 0 Å². The molecule has 1 aromatic carbocycles. The summed E-state index contributed by atoms with van der Waals surface area (Å²) < 4.78 is 1.08. The SMILES string of the molecule is Nc1ccc2ncccc2c1I. The summed E-state index contributed by atoms with van der Waals surface area (Å²) in [6.07, 6.45) is 1.79. The van der Waals surface area contributed by atoms with Gasteiger partial charge in [0.2, 0.25) is 0 Å². The molecule has 0 saturated carbocycles. The maximum absolute atomic E-state index is 5.75. The molecule has 1 aromatic heterocycles. The third-order valence-corrected chi connectivity index (χ3v) is 2.95. The molecule has 0 aliphatic rings. The molecule has 0 aliphatic carbocycles. The fourth-order valence-corrected chi connectivity index (χ4v) is 1.77. The highest BCUT2D eigenvalue weighted by Crippen LogP contribution is 2.23. The van der Waals surface area contributed by atoms with E-state index in [1.807, 2.05) is 24.3 Å². The third kappa shape index (κ3) is 1.14. The van der Waals surface area contributed by atoms with E-state index < -0.39 is 0 Å². The van der Waals surface area contributed by atoms with Gasteiger partial charge in [0.1, 0.15) is 0 Å². The fourth-order valence-electron chi connectivity index (χ4n) is 1.13. The van der Waals surface area contributed by atoms with E-state index in [4.69, 9.17) is 5.73 Å². The quantitative estimate of drug-likeness (QED) is 0.589. The van der Waals surface area contributed by atoms with E-state index in [2.05, 4.69) is 27.6 Å². The molecule has 0 saturated heterocycles. The molecular formula is C9H7IN2. The van der Waals surface area contributed by atoms with Gasteiger partial charge in [-0.3, -0.25) is 4.98 Å². The van der Waals surface area contributed by atoms with E-state index in [1.165, 1.54) is 0 Å². The highest BCUT2D eigenvalue weighted by atomic mass is 127. The molecule has 0 amide bonds. The number of anilines is 1. The van der Waals surface area contributed by atoms with Crippen molar-refractivity contribution in [3.8, 4) is 0 Å². The van der Waals surface area contributed by atoms with Crippen molar-refractivity contribution >= 4 is 39.2 Å². The van der Waals surface area contributed by atoms with Gasteiger partial charge in [0, 0.05) is 20.8 Å². The van der Waals surface area contributed by atoms with Crippen LogP contribution in [0.4, 0.5) is 5.69 Å². The Morgan fingerprint density at radius 2 is 2.08 bits per heavy atom. The normalized spacial score (nSPS) is 10.4. The second-order valence-electron chi connectivity index (χ2n) is 2.54. The van der Waals surface area contributed by atoms with Crippen molar-refractivity contribution in [3.63, 3.8) is 0 Å². The first-order valence-corrected chi connectivity index (χ1v) is 4.65. The van der Waals surface area contributed by atoms with Crippen LogP contribution in [0.5, 0.6) is 0 Å². The molecule has 0 unspecified atom stereocenters. The Kier molecular flexibility index (Phi) is 1.88. The molecule has 0 radical (unpaired) electrons. The zero-order chi connectivity index (χ0) is 8.55. The van der Waals surface area contributed by atoms with Gasteiger partial charge in [-0.2, -0.15) is 0 Å². The summed E-state index contributed by atoms with van der Waals surface area (Å²) in [7, 11) is 0. The Labute approximate surface area is 83.9 Å². The second-order valence-corrected chi connectivity index (χ2v) is 3.62. The van der Waals surface area contributed by atoms with Crippen molar-refractivity contribution in [1.29, 1.82) is 0 Å². The van der Waals surface area contributed by atoms with Crippen molar-refractivity contribution < 1.29 is 0 Å². The molecule has 2 N–H and O–H groups in total. The van der Waals surface area contributed by atoms with Crippen LogP contribution in [0.3, 0.4) is 0 Å². The highest BCUT2D eigenvalue weighted by molar-refractivity contribution is 14.1. The molecule has 0 bridgehead atoms. The van der Waals surface area contributed by atoms with Crippen molar-refractivity contribution in [2.45, 2.75) is 0 Å². The maximum Gasteiger partial charge on any atom is 0.0714 e. The minimum atomic E-state index is 0.816. The first-order valence-electron chi connectivity index (χ1n) is 3.58. The van der Waals surface area contributed by atoms with E-state index in [0.29, 0.717) is 0 Å². The van der Waals surface area contributed by atoms with Crippen LogP contribution >= 0.6 is 22.6 Å². The van der Waals surface area contributed by atoms with Crippen molar-refractivity contribution in [2.75, 3.05) is 5.73 Å². The topological polar surface area (TPSA) is 38.9 Å². The predicted molar refractivity (Wildman–Crippen MR) is 58.9 cm³/mol. The standard InChI is InChI=1S/C9H7IN2/c10-9-6-2-1-5-12-8(6)4-3-7(9)11/h1-5H,11H2. The number of hydrogen-bond acceptors (Lipinski definition) is 2. The monoisotopic (exact) mass is 270 g/mol. The number of nitrogens with zero attached hydrogens (tertiary/aromatic N) is 1. The zero-order valence-electron chi connectivity index (χ0n) is 6.29. The van der Waals surface area contributed by atoms with Gasteiger partial charge in [-0.25, -0.2) is 0 Å². The van der Waals surface area contributed by atoms with Gasteiger partial charge in [0.05, 0.1) is 5.52 Å². The van der Waals surface area contributed by atoms with Crippen molar-refractivity contribution in [3.05, 3.63) is 34.0 Å². The smallest absolute Gasteiger partial charge is 0.0714 e. The lowest BCUT2D eigenvalue weighted by Crippen LogP contribution is -1.90. The Bertz CT molecular complexity index is 426. The minimum absolute atomic E-state index is 0.816. The first kappa shape index (κ1) is 7.79. The lowest BCUT2D eigenvalue weighted by atomic mass is 10.2. The molecule has 3 heteroatoms. The summed E-state index contributed by atoms with van der Waals surface area (Å²) in [6, 6.07) is 7.77. The molecule has 2 nitrogen and oxygen atoms in total. The van der Waals surface area contributed by atoms with Crippen LogP contribution in [0.1, 0.15) is 0 Å². The average Bonchev–Trinajstić information content (AvgIpc) is 2.12. The Morgan fingerprint density at radius 1 is 1.25 bits per heavy atom. The highest BCUT2D eigenvalue weighted by Gasteiger charge is 2.00. The number of benzene rings is 1. The van der Waals surface area contributed by atoms with E-state index in [9.17, 15) is 0 Å². The lowest BCUT2D eigenvalue weighted by molar-refractivity contribution is 1.41. The Hall–Kier alpha value is -0.840. The molecule has 0 atom stereocenters. The summed E-state index contributed by atoms with van der Waals surface area (Å²) in [5.41, 5.74) is 7.56. The third-order valence-electron chi connectivity index (χ3n) is 1.75. The molecular weight excluding hydrogens is 263 g/mol. The van der Waals surface area contributed by atoms with Gasteiger partial charge >= 0.3 is 0 Å². The van der Waals surface area contributed by atoms with Crippen LogP contribution < -0.4 is 5.73 Å². The number of nitrogen functional groups attached to an aromatic ring is 1. The van der Waals surface area contributed by atoms with Gasteiger partial charge in [-0.1, -0.05) is 6.07 Å². The summed E-state index contributed by atoms with van der Waals surface area (Å²) in [5, 5.41) is 1.12. The number of fused-ring (bicyclic) bond motifs is 1. The molecule has 0 spiro atoms. The van der Waals surface area contributed by atoms with Crippen LogP contribution in [-0.2, 0) is 0 Å². The van der Waals surface area contributed by atoms with E-state index in [1.54, 1.807) is 6.20 Å². The number of nitrogens with two attached hydrogens (primary N) is 1. The fraction of sp³-hybridized carbons (Fsp3) is 0. The Balaban J connectivity index is 2.91. The van der Waals surface area contributed by atoms with E-state index >= 15 is 0 Å². The first-order chi connectivity index (χ1) is 5.79. The summed E-state index contributed by atoms with van der Waals surface area (Å²) in [6.45, 7) is 0. The summed E-state index contributed by atoms with van der Waals surface area (Å²) in [5.74, 6) is 0. The summed E-state index contributed by atoms with van der Waals surface area (Å²) >= 11 is 2.24. The van der Waals surface area contributed by atoms with Crippen LogP contribution in [0.15, 0.2) is 30.5 Å². The van der Waals surface area contributed by atoms with Gasteiger partial charge in [-0.05, 0) is 40.8 Å². The van der Waals surface area contributed by atoms with Gasteiger partial charge in [0.25, 0.3) is 0 Å². The largest absolute Gasteiger partial charge is 0.398 e. The molecule has 12 heavy (non-hydrogen) atoms. The molecule has 0 fully saturated rings. The number of pyridine rings is 1. The van der Waals surface area contributed by atoms with Gasteiger partial charge in [0.15, 0.2) is 0 Å². The average molecular weight is 270 g/mol. The van der Waals surface area contributed by atoms with Crippen LogP contribution in [0.25, 0.3) is 10.9 Å². The van der Waals surface area contributed by atoms with Crippen molar-refractivity contribution in [2.24, 2.45) is 0 Å². The minimum Gasteiger partial charge on any atom is -0.398 e. The number of rotatable bonds is 0. The van der Waals surface area contributed by atoms with E-state index in [0.717, 1.165) is 20.2 Å². The van der Waals surface area contributed by atoms with Crippen LogP contribution in [-0.4, -0.2) is 4.98 Å². The maximum atomic E-state index is 5.75. The predicted octanol–water partition coefficient (Wildman–Crippen LogP) is 2.42. The van der Waals surface area contributed by atoms with Crippen molar-refractivity contribution in [1.82, 2.24) is 4.98 Å². The number of aromatic nitrogens is 1. The number of halogens is 1. The van der Waals surface area contributed by atoms with Crippen LogP contribution in [0, 0.1) is 3.57 Å². The molecule has 2 aromatic rings. The number of hydrogen-bond donors (Lipinski definition) is 1. The molecule has 2 rings (SSSR count). The zero-order valence-corrected chi connectivity index (χ0v) is 8.45. The van der Waals surface area contributed by atoms with Crippen LogP contribution in [0.2, 0.25) is 0 Å². The van der Waals surface area contributed by atoms with Gasteiger partial charge < -0.3 is 5.73 Å². The second kappa shape index (κ2) is 2.90. The van der Waals surface area contributed by atoms with E-state index in [-0.39, 0.29) is 0 Å². The Morgan fingerprint density at radius 3 is 2.92 bits per heavy atom. The molecule has 0 aliphatic heterocycles. The summed E-state index contributed by atoms with van der Waals surface area (Å²) in [4.78, 5) is 4.22.